The van der Waals surface area contributed by atoms with Gasteiger partial charge in [0.05, 0.1) is 20.8 Å². The molecule has 1 fully saturated rings. The minimum atomic E-state index is -5.04. The highest BCUT2D eigenvalue weighted by Gasteiger charge is 2.44. The number of aliphatic hydroxyl groups excluding tert-OH is 4. The molecule has 0 saturated carbocycles. The third-order valence-electron chi connectivity index (χ3n) is 5.15. The lowest BCUT2D eigenvalue weighted by molar-refractivity contribution is -0.205. The van der Waals surface area contributed by atoms with E-state index in [1.807, 2.05) is 0 Å². The molecule has 6 atom stereocenters. The van der Waals surface area contributed by atoms with Gasteiger partial charge in [-0.1, -0.05) is 29.6 Å². The summed E-state index contributed by atoms with van der Waals surface area (Å²) in [6.07, 6.45) is -4.33. The lowest BCUT2D eigenvalue weighted by Crippen LogP contribution is -2.57. The number of phenols is 1. The van der Waals surface area contributed by atoms with Gasteiger partial charge in [-0.25, -0.2) is 9.08 Å². The minimum Gasteiger partial charge on any atom is -0.502 e. The van der Waals surface area contributed by atoms with Gasteiger partial charge in [0.25, 0.3) is 0 Å². The number of methoxy groups -OCH3 is 2. The molecule has 0 aliphatic carbocycles. The quantitative estimate of drug-likeness (QED) is 0.0342. The second kappa shape index (κ2) is 14.5. The second-order valence-electron chi connectivity index (χ2n) is 7.82. The van der Waals surface area contributed by atoms with Crippen LogP contribution in [0, 0.1) is 0 Å². The van der Waals surface area contributed by atoms with Crippen LogP contribution >= 0.6 is 11.8 Å². The summed E-state index contributed by atoms with van der Waals surface area (Å²) in [5.41, 5.74) is -0.972. The van der Waals surface area contributed by atoms with Crippen molar-refractivity contribution in [2.45, 2.75) is 42.4 Å². The number of benzene rings is 1. The molecule has 6 N–H and O–H groups in total. The molecule has 2 rings (SSSR count). The third kappa shape index (κ3) is 9.36. The van der Waals surface area contributed by atoms with Gasteiger partial charge in [0.2, 0.25) is 5.75 Å². The van der Waals surface area contributed by atoms with Crippen molar-refractivity contribution in [1.29, 1.82) is 0 Å². The number of phenolic OH excluding ortho intramolecular Hbond substituents is 1. The molecule has 1 saturated heterocycles. The highest BCUT2D eigenvalue weighted by atomic mass is 32.3. The molecule has 0 aromatic heterocycles. The predicted molar refractivity (Wildman–Crippen MR) is 136 cm³/mol. The van der Waals surface area contributed by atoms with E-state index in [1.54, 1.807) is 0 Å². The van der Waals surface area contributed by atoms with E-state index in [9.17, 15) is 38.7 Å². The second-order valence-corrected chi connectivity index (χ2v) is 10.0. The number of rotatable bonds is 12. The van der Waals surface area contributed by atoms with Crippen molar-refractivity contribution in [2.24, 2.45) is 5.16 Å². The van der Waals surface area contributed by atoms with Crippen molar-refractivity contribution < 1.29 is 66.5 Å². The van der Waals surface area contributed by atoms with Crippen molar-refractivity contribution in [2.75, 3.05) is 20.8 Å². The normalized spacial score (nSPS) is 24.7. The van der Waals surface area contributed by atoms with Crippen LogP contribution in [0.2, 0.25) is 0 Å². The SMILES string of the molecule is C=CC(C/C(=N/OS(=O)(=O)O)S[C@@H]1O[C@H](CO)[C@@H](O)[C@H](O)[C@H]1O)OC(=O)/C=C/c1cc(OC)c(O)c(OC)c1. The Kier molecular flexibility index (Phi) is 12.0. The van der Waals surface area contributed by atoms with Crippen LogP contribution in [0.3, 0.4) is 0 Å². The topological polar surface area (TPSA) is 231 Å². The van der Waals surface area contributed by atoms with Gasteiger partial charge in [0.15, 0.2) is 11.5 Å². The number of esters is 1. The monoisotopic (exact) mass is 595 g/mol. The molecule has 1 heterocycles. The highest BCUT2D eigenvalue weighted by Crippen LogP contribution is 2.37. The Labute approximate surface area is 227 Å². The first-order chi connectivity index (χ1) is 18.3. The van der Waals surface area contributed by atoms with Crippen molar-refractivity contribution in [1.82, 2.24) is 0 Å². The van der Waals surface area contributed by atoms with Crippen LogP contribution in [-0.2, 0) is 29.0 Å². The molecule has 1 aliphatic rings. The minimum absolute atomic E-state index is 0.0937. The summed E-state index contributed by atoms with van der Waals surface area (Å²) in [7, 11) is -2.38. The van der Waals surface area contributed by atoms with E-state index in [0.29, 0.717) is 17.3 Å². The van der Waals surface area contributed by atoms with Gasteiger partial charge in [-0.15, -0.1) is 0 Å². The third-order valence-corrected chi connectivity index (χ3v) is 6.55. The molecule has 1 aliphatic heterocycles. The number of aliphatic hydroxyl groups is 4. The summed E-state index contributed by atoms with van der Waals surface area (Å²) in [4.78, 5) is 12.4. The summed E-state index contributed by atoms with van der Waals surface area (Å²) >= 11 is 0.516. The van der Waals surface area contributed by atoms with E-state index >= 15 is 0 Å². The number of carbonyl (C=O) groups is 1. The van der Waals surface area contributed by atoms with Gasteiger partial charge in [-0.2, -0.15) is 8.42 Å². The lowest BCUT2D eigenvalue weighted by Gasteiger charge is -2.39. The van der Waals surface area contributed by atoms with Gasteiger partial charge in [0.1, 0.15) is 41.0 Å². The average molecular weight is 596 g/mol. The van der Waals surface area contributed by atoms with E-state index in [1.165, 1.54) is 38.5 Å². The number of ether oxygens (including phenoxy) is 4. The average Bonchev–Trinajstić information content (AvgIpc) is 2.90. The molecular formula is C22H29NO14S2. The summed E-state index contributed by atoms with van der Waals surface area (Å²) in [6, 6.07) is 2.86. The van der Waals surface area contributed by atoms with Gasteiger partial charge in [0, 0.05) is 12.5 Å². The zero-order valence-electron chi connectivity index (χ0n) is 20.7. The number of oxime groups is 1. The first-order valence-electron chi connectivity index (χ1n) is 11.0. The maximum atomic E-state index is 12.4. The fraction of sp³-hybridized carbons (Fsp3) is 0.455. The number of hydrogen-bond acceptors (Lipinski definition) is 15. The molecule has 15 nitrogen and oxygen atoms in total. The fourth-order valence-corrected chi connectivity index (χ4v) is 4.54. The molecule has 39 heavy (non-hydrogen) atoms. The highest BCUT2D eigenvalue weighted by molar-refractivity contribution is 8.14. The number of thioether (sulfide) groups is 1. The zero-order valence-corrected chi connectivity index (χ0v) is 22.3. The molecule has 1 aromatic rings. The van der Waals surface area contributed by atoms with E-state index < -0.39 is 58.9 Å². The summed E-state index contributed by atoms with van der Waals surface area (Å²) in [6.45, 7) is 2.82. The van der Waals surface area contributed by atoms with Crippen LogP contribution in [0.5, 0.6) is 17.2 Å². The molecule has 1 unspecified atom stereocenters. The van der Waals surface area contributed by atoms with E-state index in [0.717, 1.165) is 6.08 Å². The molecule has 0 amide bonds. The van der Waals surface area contributed by atoms with Crippen molar-refractivity contribution in [3.05, 3.63) is 36.4 Å². The molecule has 0 spiro atoms. The largest absolute Gasteiger partial charge is 0.502 e. The predicted octanol–water partition coefficient (Wildman–Crippen LogP) is -0.424. The Morgan fingerprint density at radius 3 is 2.31 bits per heavy atom. The number of hydrogen-bond donors (Lipinski definition) is 6. The van der Waals surface area contributed by atoms with Gasteiger partial charge in [-0.05, 0) is 23.8 Å². The van der Waals surface area contributed by atoms with Crippen LogP contribution in [0.1, 0.15) is 12.0 Å². The number of aromatic hydroxyl groups is 1. The summed E-state index contributed by atoms with van der Waals surface area (Å²) in [5, 5.41) is 52.5. The Morgan fingerprint density at radius 1 is 1.18 bits per heavy atom. The van der Waals surface area contributed by atoms with E-state index in [4.69, 9.17) is 23.5 Å². The van der Waals surface area contributed by atoms with Crippen LogP contribution in [0.15, 0.2) is 36.0 Å². The standard InChI is InChI=1S/C22H29NO14S2/c1-4-12(35-17(25)6-5-11-7-13(33-2)18(26)14(8-11)34-3)9-16(23-37-39(30,31)32)38-22-21(29)20(28)19(27)15(10-24)36-22/h4-8,12,15,19-22,24,26-29H,1,9-10H2,2-3H3,(H,30,31,32)/b6-5+,23-16-/t12?,15-,19-,20+,21-,22+/m1/s1. The van der Waals surface area contributed by atoms with Crippen LogP contribution in [-0.4, -0.2) is 106 Å². The Balaban J connectivity index is 2.18. The van der Waals surface area contributed by atoms with Crippen LogP contribution in [0.4, 0.5) is 0 Å². The molecule has 0 radical (unpaired) electrons. The molecular weight excluding hydrogens is 566 g/mol. The van der Waals surface area contributed by atoms with Crippen molar-refractivity contribution in [3.63, 3.8) is 0 Å². The summed E-state index contributed by atoms with van der Waals surface area (Å²) < 4.78 is 55.7. The molecule has 0 bridgehead atoms. The maximum Gasteiger partial charge on any atom is 0.466 e. The molecule has 17 heteroatoms. The smallest absolute Gasteiger partial charge is 0.466 e. The number of carbonyl (C=O) groups excluding carboxylic acids is 1. The summed E-state index contributed by atoms with van der Waals surface area (Å²) in [5.74, 6) is -0.923. The molecule has 1 aromatic carbocycles. The van der Waals surface area contributed by atoms with Gasteiger partial charge < -0.3 is 44.5 Å². The Hall–Kier alpha value is -2.90. The van der Waals surface area contributed by atoms with Gasteiger partial charge >= 0.3 is 16.4 Å². The first-order valence-corrected chi connectivity index (χ1v) is 13.2. The lowest BCUT2D eigenvalue weighted by atomic mass is 10.0. The maximum absolute atomic E-state index is 12.4. The zero-order chi connectivity index (χ0) is 29.3. The van der Waals surface area contributed by atoms with Crippen molar-refractivity contribution in [3.8, 4) is 17.2 Å². The van der Waals surface area contributed by atoms with Crippen LogP contribution in [0.25, 0.3) is 6.08 Å². The Morgan fingerprint density at radius 2 is 1.79 bits per heavy atom. The van der Waals surface area contributed by atoms with Gasteiger partial charge in [-0.3, -0.25) is 4.55 Å². The number of nitrogens with zero attached hydrogens (tertiary/aromatic N) is 1. The van der Waals surface area contributed by atoms with E-state index in [-0.39, 0.29) is 28.7 Å². The van der Waals surface area contributed by atoms with Crippen molar-refractivity contribution >= 4 is 39.2 Å². The van der Waals surface area contributed by atoms with Crippen LogP contribution < -0.4 is 9.47 Å². The molecule has 218 valence electrons. The fourth-order valence-electron chi connectivity index (χ4n) is 3.20. The Bertz CT molecular complexity index is 1140. The van der Waals surface area contributed by atoms with E-state index in [2.05, 4.69) is 16.0 Å². The first kappa shape index (κ1) is 32.3.